The predicted molar refractivity (Wildman–Crippen MR) is 162 cm³/mol. The van der Waals surface area contributed by atoms with Crippen LogP contribution in [0.5, 0.6) is 0 Å². The zero-order valence-corrected chi connectivity index (χ0v) is 28.6. The van der Waals surface area contributed by atoms with Gasteiger partial charge in [-0.1, -0.05) is 34.6 Å². The Balaban J connectivity index is 0.00000128. The molecule has 2 spiro atoms. The monoisotopic (exact) mass is 633 g/mol. The Morgan fingerprint density at radius 3 is 2.20 bits per heavy atom. The van der Waals surface area contributed by atoms with Crippen molar-refractivity contribution in [3.8, 4) is 0 Å². The van der Waals surface area contributed by atoms with Gasteiger partial charge in [-0.2, -0.15) is 9.59 Å². The van der Waals surface area contributed by atoms with Crippen LogP contribution in [0.1, 0.15) is 107 Å². The predicted octanol–water partition coefficient (Wildman–Crippen LogP) is 4.64. The maximum Gasteiger partial charge on any atom is 0.407 e. The first-order valence-corrected chi connectivity index (χ1v) is 16.9. The third kappa shape index (κ3) is 4.67. The molecule has 0 aromatic carbocycles. The van der Waals surface area contributed by atoms with Gasteiger partial charge in [0.15, 0.2) is 6.10 Å². The molecule has 10 nitrogen and oxygen atoms in total. The zero-order chi connectivity index (χ0) is 33.5. The molecule has 5 saturated carbocycles. The van der Waals surface area contributed by atoms with Gasteiger partial charge in [-0.05, 0) is 105 Å². The summed E-state index contributed by atoms with van der Waals surface area (Å²) >= 11 is 0. The Morgan fingerprint density at radius 2 is 1.62 bits per heavy atom. The van der Waals surface area contributed by atoms with Crippen LogP contribution in [0, 0.1) is 50.7 Å². The first kappa shape index (κ1) is 34.3. The quantitative estimate of drug-likeness (QED) is 0.377. The molecule has 1 amide bonds. The molecule has 0 aromatic heterocycles. The first-order valence-electron chi connectivity index (χ1n) is 16.9. The third-order valence-electron chi connectivity index (χ3n) is 14.5. The number of rotatable bonds is 4. The average Bonchev–Trinajstić information content (AvgIpc) is 3.57. The number of ether oxygens (including phenoxy) is 3. The molecule has 10 heteroatoms. The molecule has 6 aliphatic rings. The highest BCUT2D eigenvalue weighted by Crippen LogP contribution is 2.89. The van der Waals surface area contributed by atoms with Gasteiger partial charge in [-0.3, -0.25) is 4.79 Å². The van der Waals surface area contributed by atoms with Crippen LogP contribution in [-0.4, -0.2) is 71.6 Å². The molecule has 4 unspecified atom stereocenters. The van der Waals surface area contributed by atoms with Crippen molar-refractivity contribution in [2.45, 2.75) is 143 Å². The minimum atomic E-state index is -1.26. The number of nitrogens with one attached hydrogen (secondary N) is 1. The summed E-state index contributed by atoms with van der Waals surface area (Å²) in [5, 5.41) is 26.0. The topological polar surface area (TPSA) is 148 Å². The number of fused-ring (bicyclic) bond motifs is 4. The lowest BCUT2D eigenvalue weighted by Gasteiger charge is -2.63. The lowest BCUT2D eigenvalue weighted by Crippen LogP contribution is -2.60. The van der Waals surface area contributed by atoms with Crippen molar-refractivity contribution >= 4 is 18.2 Å². The van der Waals surface area contributed by atoms with Crippen molar-refractivity contribution in [3.05, 3.63) is 0 Å². The van der Waals surface area contributed by atoms with E-state index in [1.54, 1.807) is 20.9 Å². The van der Waals surface area contributed by atoms with Crippen LogP contribution in [-0.2, 0) is 28.6 Å². The van der Waals surface area contributed by atoms with Crippen molar-refractivity contribution in [2.24, 2.45) is 50.7 Å². The second-order valence-corrected chi connectivity index (χ2v) is 17.0. The van der Waals surface area contributed by atoms with E-state index in [-0.39, 0.29) is 63.4 Å². The van der Waals surface area contributed by atoms with Gasteiger partial charge in [0, 0.05) is 24.8 Å². The molecular formula is C35H55NO9. The summed E-state index contributed by atoms with van der Waals surface area (Å²) in [5.41, 5.74) is -1.28. The van der Waals surface area contributed by atoms with Gasteiger partial charge < -0.3 is 29.7 Å². The SMILES string of the molecule is CNC(=O)OC1CC[C@]23C[C@]24CC[C@]2(C)[C@@H]5C(OC([C@H](OC(C)=O)C(C)(C)O)C[C@H]5C)[C@H](O)[C@@]2(C)C4CC[C@H]3C1(C)C.O=C=O. The van der Waals surface area contributed by atoms with E-state index in [9.17, 15) is 19.8 Å². The standard InChI is InChI=1S/C34H55NO7.CO2/c1-18-16-20(27(30(5,6)39)40-19(2)36)41-25-24(18)31(7)14-15-34-17-33(34)13-12-23(42-28(38)35-9)29(3,4)21(33)10-11-22(34)32(31,8)26(25)37;2-1-3/h18,20-27,37,39H,10-17H2,1-9H3,(H,35,38);/t18-,20?,21+,22?,23?,24+,25?,26+,27+,31-,32-,33-,34+;/m1./s1. The summed E-state index contributed by atoms with van der Waals surface area (Å²) in [5.74, 6) is 0.919. The number of hydrogen-bond donors (Lipinski definition) is 3. The molecule has 0 radical (unpaired) electrons. The molecule has 1 aliphatic heterocycles. The van der Waals surface area contributed by atoms with E-state index in [1.807, 2.05) is 0 Å². The van der Waals surface area contributed by atoms with Crippen molar-refractivity contribution < 1.29 is 43.6 Å². The molecule has 1 heterocycles. The number of aliphatic hydroxyl groups is 2. The van der Waals surface area contributed by atoms with E-state index in [0.29, 0.717) is 18.3 Å². The van der Waals surface area contributed by atoms with E-state index in [1.165, 1.54) is 19.8 Å². The fraction of sp³-hybridized carbons (Fsp3) is 0.914. The van der Waals surface area contributed by atoms with Gasteiger partial charge >= 0.3 is 18.2 Å². The average molecular weight is 634 g/mol. The second-order valence-electron chi connectivity index (χ2n) is 17.0. The highest BCUT2D eigenvalue weighted by molar-refractivity contribution is 5.67. The molecule has 13 atom stereocenters. The molecule has 1 saturated heterocycles. The Bertz CT molecular complexity index is 1220. The lowest BCUT2D eigenvalue weighted by atomic mass is 9.41. The number of amides is 1. The molecule has 45 heavy (non-hydrogen) atoms. The van der Waals surface area contributed by atoms with Crippen LogP contribution >= 0.6 is 0 Å². The second kappa shape index (κ2) is 11.0. The zero-order valence-electron chi connectivity index (χ0n) is 28.6. The largest absolute Gasteiger partial charge is 0.457 e. The summed E-state index contributed by atoms with van der Waals surface area (Å²) in [4.78, 5) is 40.4. The number of aliphatic hydroxyl groups excluding tert-OH is 1. The van der Waals surface area contributed by atoms with Gasteiger partial charge in [0.2, 0.25) is 0 Å². The van der Waals surface area contributed by atoms with Gasteiger partial charge in [-0.25, -0.2) is 4.79 Å². The molecule has 6 fully saturated rings. The Morgan fingerprint density at radius 1 is 1.02 bits per heavy atom. The Labute approximate surface area is 267 Å². The van der Waals surface area contributed by atoms with E-state index >= 15 is 0 Å². The number of carbonyl (C=O) groups is 2. The van der Waals surface area contributed by atoms with Crippen LogP contribution in [0.2, 0.25) is 0 Å². The third-order valence-corrected chi connectivity index (χ3v) is 14.5. The van der Waals surface area contributed by atoms with Gasteiger partial charge in [0.05, 0.1) is 23.9 Å². The van der Waals surface area contributed by atoms with Crippen molar-refractivity contribution in [1.82, 2.24) is 5.32 Å². The minimum absolute atomic E-state index is 0.0747. The number of esters is 1. The van der Waals surface area contributed by atoms with Crippen LogP contribution in [0.4, 0.5) is 4.79 Å². The van der Waals surface area contributed by atoms with Crippen molar-refractivity contribution in [1.29, 1.82) is 0 Å². The summed E-state index contributed by atoms with van der Waals surface area (Å²) in [6, 6.07) is 0. The van der Waals surface area contributed by atoms with Gasteiger partial charge in [0.25, 0.3) is 0 Å². The van der Waals surface area contributed by atoms with Gasteiger partial charge in [-0.15, -0.1) is 0 Å². The molecule has 3 N–H and O–H groups in total. The fourth-order valence-electron chi connectivity index (χ4n) is 12.8. The summed E-state index contributed by atoms with van der Waals surface area (Å²) in [7, 11) is 1.62. The summed E-state index contributed by atoms with van der Waals surface area (Å²) in [6.45, 7) is 16.4. The highest BCUT2D eigenvalue weighted by Gasteiger charge is 2.84. The van der Waals surface area contributed by atoms with Crippen LogP contribution in [0.3, 0.4) is 0 Å². The number of alkyl carbamates (subject to hydrolysis) is 1. The highest BCUT2D eigenvalue weighted by atomic mass is 16.6. The number of carbonyl (C=O) groups excluding carboxylic acids is 4. The minimum Gasteiger partial charge on any atom is -0.457 e. The smallest absolute Gasteiger partial charge is 0.407 e. The summed E-state index contributed by atoms with van der Waals surface area (Å²) < 4.78 is 18.4. The van der Waals surface area contributed by atoms with Crippen molar-refractivity contribution in [2.75, 3.05) is 7.05 Å². The molecule has 254 valence electrons. The lowest BCUT2D eigenvalue weighted by molar-refractivity contribution is -0.216. The molecule has 5 aliphatic carbocycles. The van der Waals surface area contributed by atoms with Crippen molar-refractivity contribution in [3.63, 3.8) is 0 Å². The maximum absolute atomic E-state index is 12.4. The van der Waals surface area contributed by atoms with Crippen LogP contribution in [0.15, 0.2) is 0 Å². The maximum atomic E-state index is 12.4. The Hall–Kier alpha value is -2.00. The van der Waals surface area contributed by atoms with E-state index in [4.69, 9.17) is 23.8 Å². The van der Waals surface area contributed by atoms with Crippen LogP contribution < -0.4 is 5.32 Å². The van der Waals surface area contributed by atoms with E-state index < -0.39 is 29.9 Å². The molecule has 0 bridgehead atoms. The summed E-state index contributed by atoms with van der Waals surface area (Å²) in [6.07, 6.45) is 5.87. The Kier molecular flexibility index (Phi) is 8.42. The molecular weight excluding hydrogens is 578 g/mol. The number of hydrogen-bond acceptors (Lipinski definition) is 9. The van der Waals surface area contributed by atoms with Gasteiger partial charge in [0.1, 0.15) is 6.10 Å². The first-order chi connectivity index (χ1) is 20.8. The normalized spacial score (nSPS) is 47.8. The molecule has 6 rings (SSSR count). The molecule has 0 aromatic rings. The fourth-order valence-corrected chi connectivity index (χ4v) is 12.8. The van der Waals surface area contributed by atoms with E-state index in [2.05, 4.69) is 39.9 Å². The van der Waals surface area contributed by atoms with Crippen LogP contribution in [0.25, 0.3) is 0 Å². The van der Waals surface area contributed by atoms with E-state index in [0.717, 1.165) is 32.1 Å².